The Morgan fingerprint density at radius 1 is 0.958 bits per heavy atom. The molecular formula is C19H21FNO2P. The zero-order chi connectivity index (χ0) is 16.9. The van der Waals surface area contributed by atoms with Crippen molar-refractivity contribution in [3.8, 4) is 11.1 Å². The molecule has 126 valence electrons. The fourth-order valence-electron chi connectivity index (χ4n) is 2.69. The summed E-state index contributed by atoms with van der Waals surface area (Å²) in [5.41, 5.74) is 4.34. The molecule has 1 N–H and O–H groups in total. The van der Waals surface area contributed by atoms with E-state index in [0.29, 0.717) is 13.2 Å². The summed E-state index contributed by atoms with van der Waals surface area (Å²) in [6, 6.07) is 12.8. The predicted molar refractivity (Wildman–Crippen MR) is 97.6 cm³/mol. The van der Waals surface area contributed by atoms with E-state index in [4.69, 9.17) is 9.05 Å². The van der Waals surface area contributed by atoms with Gasteiger partial charge in [-0.3, -0.25) is 0 Å². The second-order valence-electron chi connectivity index (χ2n) is 5.41. The molecule has 0 fully saturated rings. The van der Waals surface area contributed by atoms with E-state index in [0.717, 1.165) is 28.2 Å². The van der Waals surface area contributed by atoms with E-state index in [-0.39, 0.29) is 5.82 Å². The first kappa shape index (κ1) is 17.1. The molecular weight excluding hydrogens is 324 g/mol. The minimum atomic E-state index is -0.922. The van der Waals surface area contributed by atoms with Gasteiger partial charge in [0.05, 0.1) is 13.2 Å². The Balaban J connectivity index is 1.92. The molecule has 3 rings (SSSR count). The molecule has 0 amide bonds. The van der Waals surface area contributed by atoms with Crippen molar-refractivity contribution in [3.05, 3.63) is 60.0 Å². The van der Waals surface area contributed by atoms with Crippen molar-refractivity contribution in [1.82, 2.24) is 4.98 Å². The summed E-state index contributed by atoms with van der Waals surface area (Å²) in [6.45, 7) is 5.26. The van der Waals surface area contributed by atoms with Crippen LogP contribution in [0.5, 0.6) is 0 Å². The Bertz CT molecular complexity index is 795. The third kappa shape index (κ3) is 3.84. The van der Waals surface area contributed by atoms with Crippen molar-refractivity contribution in [1.29, 1.82) is 0 Å². The quantitative estimate of drug-likeness (QED) is 0.544. The molecule has 24 heavy (non-hydrogen) atoms. The van der Waals surface area contributed by atoms with Crippen LogP contribution in [0.3, 0.4) is 0 Å². The molecule has 0 atom stereocenters. The third-order valence-electron chi connectivity index (χ3n) is 3.79. The van der Waals surface area contributed by atoms with Crippen molar-refractivity contribution < 1.29 is 13.4 Å². The number of fused-ring (bicyclic) bond motifs is 1. The Morgan fingerprint density at radius 2 is 1.62 bits per heavy atom. The van der Waals surface area contributed by atoms with Gasteiger partial charge in [-0.05, 0) is 54.8 Å². The number of aromatic nitrogens is 1. The highest BCUT2D eigenvalue weighted by atomic mass is 31.2. The van der Waals surface area contributed by atoms with Crippen molar-refractivity contribution in [2.45, 2.75) is 20.0 Å². The fourth-order valence-corrected chi connectivity index (χ4v) is 4.06. The van der Waals surface area contributed by atoms with Gasteiger partial charge >= 0.3 is 0 Å². The smallest absolute Gasteiger partial charge is 0.175 e. The minimum absolute atomic E-state index is 0.221. The molecule has 3 nitrogen and oxygen atoms in total. The third-order valence-corrected chi connectivity index (χ3v) is 5.48. The summed E-state index contributed by atoms with van der Waals surface area (Å²) in [6.07, 6.45) is 2.77. The van der Waals surface area contributed by atoms with E-state index in [1.54, 1.807) is 12.1 Å². The molecule has 0 radical (unpaired) electrons. The summed E-state index contributed by atoms with van der Waals surface area (Å²) in [7, 11) is -0.922. The van der Waals surface area contributed by atoms with E-state index in [1.165, 1.54) is 17.7 Å². The van der Waals surface area contributed by atoms with Crippen LogP contribution in [0, 0.1) is 5.82 Å². The molecule has 1 aromatic heterocycles. The average molecular weight is 345 g/mol. The van der Waals surface area contributed by atoms with Crippen LogP contribution in [0.25, 0.3) is 22.0 Å². The molecule has 1 heterocycles. The van der Waals surface area contributed by atoms with Crippen LogP contribution in [0.4, 0.5) is 4.39 Å². The molecule has 3 aromatic rings. The number of hydrogen-bond acceptors (Lipinski definition) is 2. The molecule has 0 aliphatic rings. The molecule has 5 heteroatoms. The van der Waals surface area contributed by atoms with Crippen LogP contribution in [0.15, 0.2) is 48.7 Å². The normalized spacial score (nSPS) is 11.5. The fraction of sp³-hybridized carbons (Fsp3) is 0.263. The number of hydrogen-bond donors (Lipinski definition) is 1. The topological polar surface area (TPSA) is 34.2 Å². The van der Waals surface area contributed by atoms with E-state index in [9.17, 15) is 4.39 Å². The van der Waals surface area contributed by atoms with E-state index < -0.39 is 8.38 Å². The zero-order valence-corrected chi connectivity index (χ0v) is 14.8. The van der Waals surface area contributed by atoms with Gasteiger partial charge in [-0.15, -0.1) is 0 Å². The van der Waals surface area contributed by atoms with Gasteiger partial charge in [0.1, 0.15) is 5.82 Å². The van der Waals surface area contributed by atoms with Gasteiger partial charge in [0.25, 0.3) is 0 Å². The number of H-pyrrole nitrogens is 1. The van der Waals surface area contributed by atoms with Gasteiger partial charge in [-0.25, -0.2) is 4.39 Å². The molecule has 0 aliphatic heterocycles. The lowest BCUT2D eigenvalue weighted by Gasteiger charge is -2.15. The zero-order valence-electron chi connectivity index (χ0n) is 13.9. The molecule has 2 aromatic carbocycles. The lowest BCUT2D eigenvalue weighted by Crippen LogP contribution is -1.93. The highest BCUT2D eigenvalue weighted by molar-refractivity contribution is 7.46. The minimum Gasteiger partial charge on any atom is -0.361 e. The van der Waals surface area contributed by atoms with Crippen molar-refractivity contribution >= 4 is 19.3 Å². The van der Waals surface area contributed by atoms with Crippen molar-refractivity contribution in [2.75, 3.05) is 13.2 Å². The highest BCUT2D eigenvalue weighted by Gasteiger charge is 2.14. The maximum Gasteiger partial charge on any atom is 0.175 e. The van der Waals surface area contributed by atoms with E-state index >= 15 is 0 Å². The van der Waals surface area contributed by atoms with Crippen LogP contribution in [0.1, 0.15) is 19.4 Å². The SMILES string of the molecule is CCOP(Cc1c[nH]c2ccc(-c3ccc(F)cc3)cc12)OCC. The first-order valence-electron chi connectivity index (χ1n) is 8.10. The monoisotopic (exact) mass is 345 g/mol. The second kappa shape index (κ2) is 7.89. The molecule has 0 saturated heterocycles. The largest absolute Gasteiger partial charge is 0.361 e. The molecule has 0 aliphatic carbocycles. The van der Waals surface area contributed by atoms with Gasteiger partial charge in [0.2, 0.25) is 0 Å². The van der Waals surface area contributed by atoms with Gasteiger partial charge in [-0.1, -0.05) is 18.2 Å². The van der Waals surface area contributed by atoms with Gasteiger partial charge in [-0.2, -0.15) is 0 Å². The molecule has 0 unspecified atom stereocenters. The van der Waals surface area contributed by atoms with Crippen LogP contribution < -0.4 is 0 Å². The number of aromatic amines is 1. The second-order valence-corrected chi connectivity index (χ2v) is 6.91. The molecule has 0 spiro atoms. The number of halogens is 1. The summed E-state index contributed by atoms with van der Waals surface area (Å²) >= 11 is 0. The van der Waals surface area contributed by atoms with Crippen LogP contribution in [0.2, 0.25) is 0 Å². The Labute approximate surface area is 142 Å². The van der Waals surface area contributed by atoms with Gasteiger partial charge < -0.3 is 14.0 Å². The van der Waals surface area contributed by atoms with Gasteiger partial charge in [0.15, 0.2) is 8.38 Å². The van der Waals surface area contributed by atoms with Crippen LogP contribution in [-0.2, 0) is 15.2 Å². The first-order chi connectivity index (χ1) is 11.7. The Hall–Kier alpha value is -1.74. The van der Waals surface area contributed by atoms with Crippen molar-refractivity contribution in [3.63, 3.8) is 0 Å². The number of nitrogens with one attached hydrogen (secondary N) is 1. The Morgan fingerprint density at radius 3 is 2.29 bits per heavy atom. The summed E-state index contributed by atoms with van der Waals surface area (Å²) < 4.78 is 24.6. The standard InChI is InChI=1S/C19H21FNO2P/c1-3-22-24(23-4-2)13-16-12-21-19-10-7-15(11-18(16)19)14-5-8-17(20)9-6-14/h5-12,21H,3-4,13H2,1-2H3. The van der Waals surface area contributed by atoms with Gasteiger partial charge in [0, 0.05) is 23.3 Å². The lowest BCUT2D eigenvalue weighted by atomic mass is 10.0. The molecule has 0 saturated carbocycles. The number of rotatable bonds is 7. The predicted octanol–water partition coefficient (Wildman–Crippen LogP) is 5.86. The van der Waals surface area contributed by atoms with E-state index in [2.05, 4.69) is 17.1 Å². The van der Waals surface area contributed by atoms with Crippen LogP contribution >= 0.6 is 8.38 Å². The maximum absolute atomic E-state index is 13.1. The summed E-state index contributed by atoms with van der Waals surface area (Å²) in [5, 5.41) is 1.16. The highest BCUT2D eigenvalue weighted by Crippen LogP contribution is 2.43. The lowest BCUT2D eigenvalue weighted by molar-refractivity contribution is 0.268. The average Bonchev–Trinajstić information content (AvgIpc) is 2.98. The summed E-state index contributed by atoms with van der Waals surface area (Å²) in [5.74, 6) is -0.221. The van der Waals surface area contributed by atoms with Crippen molar-refractivity contribution in [2.24, 2.45) is 0 Å². The molecule has 0 bridgehead atoms. The summed E-state index contributed by atoms with van der Waals surface area (Å²) in [4.78, 5) is 3.30. The van der Waals surface area contributed by atoms with E-state index in [1.807, 2.05) is 26.1 Å². The number of benzene rings is 2. The maximum atomic E-state index is 13.1. The Kier molecular flexibility index (Phi) is 5.62. The van der Waals surface area contributed by atoms with Crippen LogP contribution in [-0.4, -0.2) is 18.2 Å². The first-order valence-corrected chi connectivity index (χ1v) is 9.46.